The van der Waals surface area contributed by atoms with E-state index in [1.807, 2.05) is 27.7 Å². The topological polar surface area (TPSA) is 84.2 Å². The molecule has 112 valence electrons. The van der Waals surface area contributed by atoms with E-state index in [0.29, 0.717) is 18.0 Å². The summed E-state index contributed by atoms with van der Waals surface area (Å²) >= 11 is 0. The summed E-state index contributed by atoms with van der Waals surface area (Å²) in [4.78, 5) is 24.0. The van der Waals surface area contributed by atoms with Crippen molar-refractivity contribution in [3.8, 4) is 0 Å². The van der Waals surface area contributed by atoms with Crippen molar-refractivity contribution in [2.45, 2.75) is 47.1 Å². The average molecular weight is 281 g/mol. The molecular formula is C14H23N3O3. The summed E-state index contributed by atoms with van der Waals surface area (Å²) in [6.07, 6.45) is 0.402. The van der Waals surface area contributed by atoms with Crippen molar-refractivity contribution in [2.75, 3.05) is 5.32 Å². The molecule has 0 saturated heterocycles. The van der Waals surface area contributed by atoms with Crippen molar-refractivity contribution in [2.24, 2.45) is 11.8 Å². The van der Waals surface area contributed by atoms with E-state index in [1.54, 1.807) is 13.0 Å². The molecule has 0 fully saturated rings. The highest BCUT2D eigenvalue weighted by Crippen LogP contribution is 2.10. The summed E-state index contributed by atoms with van der Waals surface area (Å²) in [6.45, 7) is 9.43. The number of hydrogen-bond donors (Lipinski definition) is 2. The number of carbonyl (C=O) groups is 2. The van der Waals surface area contributed by atoms with Crippen LogP contribution in [0.25, 0.3) is 0 Å². The molecule has 0 saturated carbocycles. The number of aromatic nitrogens is 1. The Labute approximate surface area is 119 Å². The first kappa shape index (κ1) is 16.2. The van der Waals surface area contributed by atoms with Crippen LogP contribution in [0.15, 0.2) is 10.6 Å². The first-order valence-electron chi connectivity index (χ1n) is 6.83. The summed E-state index contributed by atoms with van der Waals surface area (Å²) < 4.78 is 4.89. The van der Waals surface area contributed by atoms with E-state index in [1.165, 1.54) is 0 Å². The van der Waals surface area contributed by atoms with Crippen LogP contribution in [0.4, 0.5) is 5.82 Å². The fourth-order valence-electron chi connectivity index (χ4n) is 1.77. The lowest BCUT2D eigenvalue weighted by atomic mass is 10.0. The van der Waals surface area contributed by atoms with Gasteiger partial charge in [0.25, 0.3) is 0 Å². The van der Waals surface area contributed by atoms with Gasteiger partial charge in [-0.05, 0) is 18.8 Å². The predicted octanol–water partition coefficient (Wildman–Crippen LogP) is 2.11. The molecule has 6 nitrogen and oxygen atoms in total. The van der Waals surface area contributed by atoms with Gasteiger partial charge in [-0.2, -0.15) is 0 Å². The highest BCUT2D eigenvalue weighted by molar-refractivity contribution is 5.96. The number of rotatable bonds is 6. The van der Waals surface area contributed by atoms with Gasteiger partial charge in [-0.3, -0.25) is 9.59 Å². The molecule has 1 heterocycles. The maximum atomic E-state index is 12.2. The van der Waals surface area contributed by atoms with E-state index >= 15 is 0 Å². The highest BCUT2D eigenvalue weighted by atomic mass is 16.5. The van der Waals surface area contributed by atoms with Crippen LogP contribution in [-0.4, -0.2) is 23.0 Å². The minimum atomic E-state index is -0.585. The maximum Gasteiger partial charge on any atom is 0.248 e. The zero-order chi connectivity index (χ0) is 15.3. The predicted molar refractivity (Wildman–Crippen MR) is 76.1 cm³/mol. The van der Waals surface area contributed by atoms with Crippen molar-refractivity contribution in [3.63, 3.8) is 0 Å². The number of carbonyl (C=O) groups excluding carboxylic acids is 2. The van der Waals surface area contributed by atoms with Crippen LogP contribution in [0.3, 0.4) is 0 Å². The Morgan fingerprint density at radius 3 is 2.40 bits per heavy atom. The van der Waals surface area contributed by atoms with E-state index in [-0.39, 0.29) is 23.7 Å². The molecule has 0 radical (unpaired) electrons. The second kappa shape index (κ2) is 7.07. The highest BCUT2D eigenvalue weighted by Gasteiger charge is 2.25. The van der Waals surface area contributed by atoms with E-state index in [9.17, 15) is 9.59 Å². The molecule has 1 atom stereocenters. The molecule has 0 aromatic carbocycles. The van der Waals surface area contributed by atoms with E-state index < -0.39 is 6.04 Å². The van der Waals surface area contributed by atoms with Crippen LogP contribution in [0.5, 0.6) is 0 Å². The minimum absolute atomic E-state index is 0.0147. The lowest BCUT2D eigenvalue weighted by molar-refractivity contribution is -0.127. The number of hydrogen-bond acceptors (Lipinski definition) is 4. The van der Waals surface area contributed by atoms with Gasteiger partial charge in [0.2, 0.25) is 11.8 Å². The fourth-order valence-corrected chi connectivity index (χ4v) is 1.77. The van der Waals surface area contributed by atoms with Crippen molar-refractivity contribution in [3.05, 3.63) is 11.8 Å². The number of nitrogens with one attached hydrogen (secondary N) is 2. The molecule has 1 rings (SSSR count). The van der Waals surface area contributed by atoms with E-state index in [4.69, 9.17) is 4.52 Å². The molecule has 2 amide bonds. The van der Waals surface area contributed by atoms with Crippen molar-refractivity contribution < 1.29 is 14.1 Å². The summed E-state index contributed by atoms with van der Waals surface area (Å²) in [5.41, 5.74) is 0. The molecule has 0 aliphatic heterocycles. The molecular weight excluding hydrogens is 258 g/mol. The van der Waals surface area contributed by atoms with Crippen molar-refractivity contribution in [1.82, 2.24) is 10.5 Å². The smallest absolute Gasteiger partial charge is 0.248 e. The Kier molecular flexibility index (Phi) is 5.73. The third kappa shape index (κ3) is 5.03. The lowest BCUT2D eigenvalue weighted by Gasteiger charge is -2.21. The van der Waals surface area contributed by atoms with Gasteiger partial charge in [0.1, 0.15) is 11.8 Å². The van der Waals surface area contributed by atoms with Gasteiger partial charge in [-0.1, -0.05) is 32.9 Å². The van der Waals surface area contributed by atoms with Gasteiger partial charge in [-0.15, -0.1) is 0 Å². The number of anilines is 1. The van der Waals surface area contributed by atoms with Gasteiger partial charge in [0.15, 0.2) is 5.82 Å². The van der Waals surface area contributed by atoms with Crippen molar-refractivity contribution >= 4 is 17.6 Å². The molecule has 0 aliphatic rings. The van der Waals surface area contributed by atoms with Gasteiger partial charge in [0.05, 0.1) is 0 Å². The Bertz CT molecular complexity index is 466. The quantitative estimate of drug-likeness (QED) is 0.836. The second-order valence-corrected chi connectivity index (χ2v) is 5.70. The van der Waals surface area contributed by atoms with Crippen molar-refractivity contribution in [1.29, 1.82) is 0 Å². The monoisotopic (exact) mass is 281 g/mol. The zero-order valence-corrected chi connectivity index (χ0v) is 12.7. The second-order valence-electron chi connectivity index (χ2n) is 5.70. The van der Waals surface area contributed by atoms with E-state index in [0.717, 1.165) is 0 Å². The van der Waals surface area contributed by atoms with Crippen LogP contribution >= 0.6 is 0 Å². The molecule has 1 aromatic heterocycles. The fraction of sp³-hybridized carbons (Fsp3) is 0.643. The van der Waals surface area contributed by atoms with Gasteiger partial charge >= 0.3 is 0 Å². The minimum Gasteiger partial charge on any atom is -0.360 e. The Hall–Kier alpha value is -1.85. The average Bonchev–Trinajstić information content (AvgIpc) is 2.70. The van der Waals surface area contributed by atoms with Gasteiger partial charge in [-0.25, -0.2) is 0 Å². The Balaban J connectivity index is 2.65. The molecule has 0 spiro atoms. The van der Waals surface area contributed by atoms with Gasteiger partial charge in [0, 0.05) is 12.5 Å². The van der Waals surface area contributed by atoms with Crippen LogP contribution in [0, 0.1) is 18.8 Å². The van der Waals surface area contributed by atoms with Crippen LogP contribution in [-0.2, 0) is 9.59 Å². The molecule has 2 N–H and O–H groups in total. The summed E-state index contributed by atoms with van der Waals surface area (Å²) in [6, 6.07) is 1.05. The third-order valence-corrected chi connectivity index (χ3v) is 2.74. The first-order chi connectivity index (χ1) is 9.29. The van der Waals surface area contributed by atoms with Crippen LogP contribution < -0.4 is 10.6 Å². The Morgan fingerprint density at radius 1 is 1.30 bits per heavy atom. The van der Waals surface area contributed by atoms with Gasteiger partial charge < -0.3 is 15.2 Å². The molecule has 0 aliphatic carbocycles. The standard InChI is InChI=1S/C14H23N3O3/c1-8(2)6-12(18)16-13(9(3)4)14(19)15-11-7-10(5)20-17-11/h7-9,13H,6H2,1-5H3,(H,16,18)(H,15,17,19)/t13-/m0/s1. The lowest BCUT2D eigenvalue weighted by Crippen LogP contribution is -2.47. The zero-order valence-electron chi connectivity index (χ0n) is 12.7. The molecule has 0 unspecified atom stereocenters. The SMILES string of the molecule is Cc1cc(NC(=O)[C@@H](NC(=O)CC(C)C)C(C)C)no1. The largest absolute Gasteiger partial charge is 0.360 e. The maximum absolute atomic E-state index is 12.2. The van der Waals surface area contributed by atoms with E-state index in [2.05, 4.69) is 15.8 Å². The molecule has 20 heavy (non-hydrogen) atoms. The number of aryl methyl sites for hydroxylation is 1. The number of nitrogens with zero attached hydrogens (tertiary/aromatic N) is 1. The summed E-state index contributed by atoms with van der Waals surface area (Å²) in [5.74, 6) is 0.806. The van der Waals surface area contributed by atoms with Crippen LogP contribution in [0.1, 0.15) is 39.9 Å². The molecule has 0 bridgehead atoms. The first-order valence-corrected chi connectivity index (χ1v) is 6.83. The normalized spacial score (nSPS) is 12.6. The van der Waals surface area contributed by atoms with Crippen LogP contribution in [0.2, 0.25) is 0 Å². The molecule has 6 heteroatoms. The Morgan fingerprint density at radius 2 is 1.95 bits per heavy atom. The third-order valence-electron chi connectivity index (χ3n) is 2.74. The number of amides is 2. The summed E-state index contributed by atoms with van der Waals surface area (Å²) in [7, 11) is 0. The summed E-state index contributed by atoms with van der Waals surface area (Å²) in [5, 5.41) is 9.11. The molecule has 1 aromatic rings.